The van der Waals surface area contributed by atoms with Crippen LogP contribution in [0.1, 0.15) is 58.8 Å². The van der Waals surface area contributed by atoms with Gasteiger partial charge in [0, 0.05) is 12.3 Å². The number of aliphatic hydroxyl groups is 2. The van der Waals surface area contributed by atoms with Crippen molar-refractivity contribution in [3.8, 4) is 11.8 Å². The van der Waals surface area contributed by atoms with Gasteiger partial charge in [0.2, 0.25) is 0 Å². The molecule has 140 valence electrons. The van der Waals surface area contributed by atoms with Crippen LogP contribution in [-0.2, 0) is 0 Å². The van der Waals surface area contributed by atoms with Gasteiger partial charge in [-0.05, 0) is 63.3 Å². The summed E-state index contributed by atoms with van der Waals surface area (Å²) in [4.78, 5) is 0. The van der Waals surface area contributed by atoms with Crippen molar-refractivity contribution in [2.75, 3.05) is 6.54 Å². The van der Waals surface area contributed by atoms with Gasteiger partial charge in [0.25, 0.3) is 0 Å². The zero-order valence-electron chi connectivity index (χ0n) is 15.8. The summed E-state index contributed by atoms with van der Waals surface area (Å²) < 4.78 is 0. The van der Waals surface area contributed by atoms with Crippen LogP contribution in [0, 0.1) is 35.5 Å². The summed E-state index contributed by atoms with van der Waals surface area (Å²) >= 11 is 0. The molecule has 25 heavy (non-hydrogen) atoms. The van der Waals surface area contributed by atoms with Crippen LogP contribution in [0.4, 0.5) is 0 Å². The van der Waals surface area contributed by atoms with Gasteiger partial charge in [-0.25, -0.2) is 0 Å². The van der Waals surface area contributed by atoms with Crippen LogP contribution in [0.25, 0.3) is 0 Å². The van der Waals surface area contributed by atoms with E-state index in [0.717, 1.165) is 25.8 Å². The lowest BCUT2D eigenvalue weighted by Crippen LogP contribution is -2.19. The maximum absolute atomic E-state index is 10.4. The number of aliphatic hydroxyl groups excluding tert-OH is 2. The summed E-state index contributed by atoms with van der Waals surface area (Å²) in [6.45, 7) is 4.63. The smallest absolute Gasteiger partial charge is 0.0755 e. The van der Waals surface area contributed by atoms with Crippen molar-refractivity contribution in [3.05, 3.63) is 23.8 Å². The highest BCUT2D eigenvalue weighted by Crippen LogP contribution is 2.48. The van der Waals surface area contributed by atoms with Gasteiger partial charge >= 0.3 is 0 Å². The molecule has 0 saturated heterocycles. The van der Waals surface area contributed by atoms with Gasteiger partial charge in [-0.2, -0.15) is 0 Å². The number of nitrogens with two attached hydrogens (primary N) is 1. The maximum Gasteiger partial charge on any atom is 0.0755 e. The first-order valence-corrected chi connectivity index (χ1v) is 9.90. The van der Waals surface area contributed by atoms with E-state index in [-0.39, 0.29) is 17.9 Å². The lowest BCUT2D eigenvalue weighted by Gasteiger charge is -2.20. The predicted octanol–water partition coefficient (Wildman–Crippen LogP) is 3.42. The molecule has 2 aliphatic carbocycles. The Morgan fingerprint density at radius 1 is 1.36 bits per heavy atom. The zero-order chi connectivity index (χ0) is 18.2. The van der Waals surface area contributed by atoms with Gasteiger partial charge in [0.15, 0.2) is 0 Å². The molecule has 0 aromatic carbocycles. The molecule has 0 unspecified atom stereocenters. The summed E-state index contributed by atoms with van der Waals surface area (Å²) in [6, 6.07) is 0. The van der Waals surface area contributed by atoms with Gasteiger partial charge in [0.1, 0.15) is 0 Å². The molecule has 3 nitrogen and oxygen atoms in total. The molecule has 0 spiro atoms. The average Bonchev–Trinajstić information content (AvgIpc) is 3.11. The van der Waals surface area contributed by atoms with Gasteiger partial charge < -0.3 is 15.9 Å². The van der Waals surface area contributed by atoms with Crippen molar-refractivity contribution in [1.82, 2.24) is 0 Å². The van der Waals surface area contributed by atoms with Crippen LogP contribution in [0.5, 0.6) is 0 Å². The molecular formula is C22H35NO2. The highest BCUT2D eigenvalue weighted by atomic mass is 16.3. The van der Waals surface area contributed by atoms with Gasteiger partial charge in [-0.15, -0.1) is 11.8 Å². The van der Waals surface area contributed by atoms with E-state index >= 15 is 0 Å². The van der Waals surface area contributed by atoms with Crippen LogP contribution in [0.2, 0.25) is 0 Å². The molecule has 0 bridgehead atoms. The second-order valence-corrected chi connectivity index (χ2v) is 7.82. The molecule has 2 aliphatic rings. The summed E-state index contributed by atoms with van der Waals surface area (Å²) in [7, 11) is 0. The first-order chi connectivity index (χ1) is 12.1. The third kappa shape index (κ3) is 5.71. The predicted molar refractivity (Wildman–Crippen MR) is 104 cm³/mol. The molecule has 0 aromatic rings. The highest BCUT2D eigenvalue weighted by Gasteiger charge is 2.43. The molecule has 0 aromatic heterocycles. The SMILES string of the molecule is CC#CC[C@@H](C)[C@H](O)C=C[C@@H]1[C@H]2CC(CCCCCN)=C[C@H]2C[C@H]1O. The van der Waals surface area contributed by atoms with E-state index in [9.17, 15) is 10.2 Å². The van der Waals surface area contributed by atoms with Crippen molar-refractivity contribution in [3.63, 3.8) is 0 Å². The third-order valence-electron chi connectivity index (χ3n) is 5.87. The van der Waals surface area contributed by atoms with Crippen molar-refractivity contribution >= 4 is 0 Å². The topological polar surface area (TPSA) is 66.5 Å². The Hall–Kier alpha value is -1.08. The molecule has 0 heterocycles. The molecule has 3 heteroatoms. The van der Waals surface area contributed by atoms with Gasteiger partial charge in [0.05, 0.1) is 12.2 Å². The lowest BCUT2D eigenvalue weighted by molar-refractivity contribution is 0.137. The molecule has 0 radical (unpaired) electrons. The molecule has 2 rings (SSSR count). The van der Waals surface area contributed by atoms with Crippen molar-refractivity contribution in [2.24, 2.45) is 29.4 Å². The fraction of sp³-hybridized carbons (Fsp3) is 0.727. The Morgan fingerprint density at radius 2 is 2.16 bits per heavy atom. The quantitative estimate of drug-likeness (QED) is 0.341. The van der Waals surface area contributed by atoms with Crippen LogP contribution in [0.3, 0.4) is 0 Å². The first kappa shape index (κ1) is 20.2. The Bertz CT molecular complexity index is 528. The second-order valence-electron chi connectivity index (χ2n) is 7.82. The fourth-order valence-corrected chi connectivity index (χ4v) is 4.28. The van der Waals surface area contributed by atoms with Crippen LogP contribution in [-0.4, -0.2) is 29.0 Å². The minimum Gasteiger partial charge on any atom is -0.392 e. The number of hydrogen-bond acceptors (Lipinski definition) is 3. The van der Waals surface area contributed by atoms with Crippen LogP contribution in [0.15, 0.2) is 23.8 Å². The molecule has 1 saturated carbocycles. The van der Waals surface area contributed by atoms with E-state index in [1.165, 1.54) is 19.3 Å². The van der Waals surface area contributed by atoms with E-state index < -0.39 is 6.10 Å². The minimum atomic E-state index is -0.489. The number of fused-ring (bicyclic) bond motifs is 1. The van der Waals surface area contributed by atoms with Gasteiger partial charge in [-0.1, -0.05) is 37.1 Å². The number of hydrogen-bond donors (Lipinski definition) is 3. The first-order valence-electron chi connectivity index (χ1n) is 9.90. The Balaban J connectivity index is 1.86. The summed E-state index contributed by atoms with van der Waals surface area (Å²) in [5.74, 6) is 7.21. The lowest BCUT2D eigenvalue weighted by atomic mass is 9.88. The number of unbranched alkanes of at least 4 members (excludes halogenated alkanes) is 2. The third-order valence-corrected chi connectivity index (χ3v) is 5.87. The number of allylic oxidation sites excluding steroid dienone is 2. The molecule has 0 amide bonds. The summed E-state index contributed by atoms with van der Waals surface area (Å²) in [5.41, 5.74) is 7.12. The normalized spacial score (nSPS) is 30.7. The van der Waals surface area contributed by atoms with Crippen molar-refractivity contribution in [1.29, 1.82) is 0 Å². The molecule has 1 fully saturated rings. The monoisotopic (exact) mass is 345 g/mol. The van der Waals surface area contributed by atoms with Crippen LogP contribution >= 0.6 is 0 Å². The van der Waals surface area contributed by atoms with E-state index in [1.807, 2.05) is 19.9 Å². The second kappa shape index (κ2) is 10.2. The molecule has 4 N–H and O–H groups in total. The maximum atomic E-state index is 10.4. The standard InChI is InChI=1S/C22H35NO2/c1-3-4-8-16(2)21(24)11-10-19-20-14-17(9-6-5-7-12-23)13-18(20)15-22(19)25/h10-11,13,16,18-22,24-25H,5-9,12,14-15,23H2,1-2H3/t16-,18+,19-,20+,21-,22-/m1/s1. The van der Waals surface area contributed by atoms with Crippen molar-refractivity contribution < 1.29 is 10.2 Å². The van der Waals surface area contributed by atoms with Crippen LogP contribution < -0.4 is 5.73 Å². The average molecular weight is 346 g/mol. The molecular weight excluding hydrogens is 310 g/mol. The highest BCUT2D eigenvalue weighted by molar-refractivity contribution is 5.21. The van der Waals surface area contributed by atoms with E-state index in [0.29, 0.717) is 18.3 Å². The molecule has 0 aliphatic heterocycles. The Morgan fingerprint density at radius 3 is 2.88 bits per heavy atom. The summed E-state index contributed by atoms with van der Waals surface area (Å²) in [6.07, 6.45) is 13.0. The Labute approximate surface area is 153 Å². The van der Waals surface area contributed by atoms with E-state index in [4.69, 9.17) is 5.73 Å². The fourth-order valence-electron chi connectivity index (χ4n) is 4.28. The van der Waals surface area contributed by atoms with E-state index in [2.05, 4.69) is 24.0 Å². The minimum absolute atomic E-state index is 0.123. The zero-order valence-corrected chi connectivity index (χ0v) is 15.8. The number of rotatable bonds is 9. The van der Waals surface area contributed by atoms with Gasteiger partial charge in [-0.3, -0.25) is 0 Å². The molecule has 6 atom stereocenters. The Kier molecular flexibility index (Phi) is 8.22. The largest absolute Gasteiger partial charge is 0.392 e. The van der Waals surface area contributed by atoms with Crippen molar-refractivity contribution in [2.45, 2.75) is 71.0 Å². The van der Waals surface area contributed by atoms with E-state index in [1.54, 1.807) is 5.57 Å². The summed E-state index contributed by atoms with van der Waals surface area (Å²) in [5, 5.41) is 20.7.